The highest BCUT2D eigenvalue weighted by Gasteiger charge is 2.15. The fraction of sp³-hybridized carbons (Fsp3) is 0.345. The lowest BCUT2D eigenvalue weighted by Crippen LogP contribution is -2.25. The molecule has 3 rings (SSSR count). The van der Waals surface area contributed by atoms with Gasteiger partial charge in [-0.15, -0.1) is 0 Å². The Hall–Kier alpha value is -2.78. The molecule has 0 N–H and O–H groups in total. The van der Waals surface area contributed by atoms with Gasteiger partial charge in [-0.1, -0.05) is 86.3 Å². The molecule has 0 saturated heterocycles. The molecule has 0 aliphatic heterocycles. The molecule has 0 aliphatic rings. The number of hydrogen-bond donors (Lipinski definition) is 0. The van der Waals surface area contributed by atoms with Crippen molar-refractivity contribution < 1.29 is 14.3 Å². The molecule has 0 aliphatic carbocycles. The van der Waals surface area contributed by atoms with E-state index in [4.69, 9.17) is 21.1 Å². The van der Waals surface area contributed by atoms with Crippen LogP contribution in [-0.4, -0.2) is 18.7 Å². The van der Waals surface area contributed by atoms with Crippen molar-refractivity contribution in [1.29, 1.82) is 0 Å². The number of rotatable bonds is 11. The van der Waals surface area contributed by atoms with Crippen LogP contribution in [0.15, 0.2) is 66.7 Å². The van der Waals surface area contributed by atoms with Crippen LogP contribution < -0.4 is 4.74 Å². The summed E-state index contributed by atoms with van der Waals surface area (Å²) in [5.74, 6) is 0.242. The van der Waals surface area contributed by atoms with Gasteiger partial charge < -0.3 is 9.47 Å². The number of benzene rings is 3. The second-order valence-corrected chi connectivity index (χ2v) is 8.65. The Kier molecular flexibility index (Phi) is 9.38. The first kappa shape index (κ1) is 24.9. The number of aryl methyl sites for hydroxylation is 1. The summed E-state index contributed by atoms with van der Waals surface area (Å²) in [6.07, 6.45) is 5.61. The predicted octanol–water partition coefficient (Wildman–Crippen LogP) is 8.13. The first-order chi connectivity index (χ1) is 16.0. The van der Waals surface area contributed by atoms with Crippen molar-refractivity contribution in [3.05, 3.63) is 77.3 Å². The first-order valence-electron chi connectivity index (χ1n) is 11.8. The fourth-order valence-electron chi connectivity index (χ4n) is 3.77. The van der Waals surface area contributed by atoms with Gasteiger partial charge in [0.1, 0.15) is 5.75 Å². The molecule has 0 heterocycles. The molecule has 33 heavy (non-hydrogen) atoms. The Morgan fingerprint density at radius 1 is 0.848 bits per heavy atom. The predicted molar refractivity (Wildman–Crippen MR) is 137 cm³/mol. The highest BCUT2D eigenvalue weighted by Crippen LogP contribution is 2.33. The largest absolute Gasteiger partial charge is 0.479 e. The fourth-order valence-corrected chi connectivity index (χ4v) is 4.06. The number of esters is 1. The van der Waals surface area contributed by atoms with E-state index in [-0.39, 0.29) is 5.97 Å². The third-order valence-corrected chi connectivity index (χ3v) is 5.98. The molecule has 3 aromatic rings. The molecule has 0 saturated carbocycles. The Balaban J connectivity index is 1.66. The van der Waals surface area contributed by atoms with E-state index in [1.54, 1.807) is 13.8 Å². The second kappa shape index (κ2) is 12.5. The number of ether oxygens (including phenoxy) is 2. The number of halogens is 1. The maximum atomic E-state index is 11.8. The lowest BCUT2D eigenvalue weighted by Gasteiger charge is -2.14. The van der Waals surface area contributed by atoms with Crippen LogP contribution in [0, 0.1) is 0 Å². The molecule has 3 aromatic carbocycles. The number of hydrogen-bond acceptors (Lipinski definition) is 3. The lowest BCUT2D eigenvalue weighted by atomic mass is 9.98. The van der Waals surface area contributed by atoms with Crippen molar-refractivity contribution >= 4 is 17.6 Å². The Bertz CT molecular complexity index is 1030. The molecule has 0 bridgehead atoms. The average molecular weight is 465 g/mol. The Morgan fingerprint density at radius 3 is 2.15 bits per heavy atom. The van der Waals surface area contributed by atoms with Gasteiger partial charge in [0.2, 0.25) is 0 Å². The summed E-state index contributed by atoms with van der Waals surface area (Å²) < 4.78 is 10.6. The van der Waals surface area contributed by atoms with Crippen LogP contribution in [0.1, 0.15) is 52.0 Å². The van der Waals surface area contributed by atoms with Crippen LogP contribution in [0.3, 0.4) is 0 Å². The summed E-state index contributed by atoms with van der Waals surface area (Å²) >= 11 is 6.65. The summed E-state index contributed by atoms with van der Waals surface area (Å²) in [5, 5.41) is 0.699. The van der Waals surface area contributed by atoms with E-state index in [0.717, 1.165) is 28.7 Å². The van der Waals surface area contributed by atoms with Crippen LogP contribution in [-0.2, 0) is 16.0 Å². The average Bonchev–Trinajstić information content (AvgIpc) is 2.83. The van der Waals surface area contributed by atoms with E-state index in [1.165, 1.54) is 31.2 Å². The third kappa shape index (κ3) is 7.10. The minimum Gasteiger partial charge on any atom is -0.479 e. The smallest absolute Gasteiger partial charge is 0.347 e. The van der Waals surface area contributed by atoms with Crippen molar-refractivity contribution in [3.8, 4) is 28.0 Å². The highest BCUT2D eigenvalue weighted by atomic mass is 35.5. The van der Waals surface area contributed by atoms with E-state index in [0.29, 0.717) is 17.4 Å². The third-order valence-electron chi connectivity index (χ3n) is 5.67. The minimum absolute atomic E-state index is 0.336. The van der Waals surface area contributed by atoms with Crippen LogP contribution >= 0.6 is 11.6 Å². The zero-order valence-corrected chi connectivity index (χ0v) is 20.5. The van der Waals surface area contributed by atoms with Gasteiger partial charge in [-0.05, 0) is 67.1 Å². The number of unbranched alkanes of at least 4 members (excludes halogenated alkanes) is 3. The Morgan fingerprint density at radius 2 is 1.52 bits per heavy atom. The van der Waals surface area contributed by atoms with E-state index in [1.807, 2.05) is 36.4 Å². The normalized spacial score (nSPS) is 11.8. The van der Waals surface area contributed by atoms with E-state index in [2.05, 4.69) is 37.3 Å². The monoisotopic (exact) mass is 464 g/mol. The van der Waals surface area contributed by atoms with Gasteiger partial charge in [0.05, 0.1) is 6.61 Å². The maximum absolute atomic E-state index is 11.8. The van der Waals surface area contributed by atoms with Gasteiger partial charge in [-0.2, -0.15) is 0 Å². The van der Waals surface area contributed by atoms with E-state index < -0.39 is 6.10 Å². The number of carbonyl (C=O) groups excluding carboxylic acids is 1. The topological polar surface area (TPSA) is 35.5 Å². The Labute approximate surface area is 202 Å². The van der Waals surface area contributed by atoms with Crippen molar-refractivity contribution in [1.82, 2.24) is 0 Å². The molecule has 1 unspecified atom stereocenters. The summed E-state index contributed by atoms with van der Waals surface area (Å²) in [4.78, 5) is 11.8. The SMILES string of the molecule is CCCCCCc1ccc(-c2ccc(-c3ccc(OC(C)C(=O)OCC)cc3)c(Cl)c2)cc1. The maximum Gasteiger partial charge on any atom is 0.347 e. The van der Waals surface area contributed by atoms with Gasteiger partial charge in [0.25, 0.3) is 0 Å². The zero-order chi connectivity index (χ0) is 23.6. The molecule has 3 nitrogen and oxygen atoms in total. The molecule has 174 valence electrons. The molecule has 0 radical (unpaired) electrons. The van der Waals surface area contributed by atoms with Gasteiger partial charge >= 0.3 is 5.97 Å². The first-order valence-corrected chi connectivity index (χ1v) is 12.2. The van der Waals surface area contributed by atoms with Gasteiger partial charge in [0.15, 0.2) is 6.10 Å². The summed E-state index contributed by atoms with van der Waals surface area (Å²) in [7, 11) is 0. The van der Waals surface area contributed by atoms with Crippen LogP contribution in [0.25, 0.3) is 22.3 Å². The van der Waals surface area contributed by atoms with Crippen LogP contribution in [0.5, 0.6) is 5.75 Å². The summed E-state index contributed by atoms with van der Waals surface area (Å²) in [5.41, 5.74) is 5.60. The van der Waals surface area contributed by atoms with Gasteiger partial charge in [-0.25, -0.2) is 4.79 Å². The van der Waals surface area contributed by atoms with E-state index >= 15 is 0 Å². The summed E-state index contributed by atoms with van der Waals surface area (Å²) in [6, 6.07) is 22.5. The van der Waals surface area contributed by atoms with Gasteiger partial charge in [-0.3, -0.25) is 0 Å². The number of carbonyl (C=O) groups is 1. The van der Waals surface area contributed by atoms with E-state index in [9.17, 15) is 4.79 Å². The van der Waals surface area contributed by atoms with Crippen molar-refractivity contribution in [2.45, 2.75) is 59.0 Å². The molecule has 0 amide bonds. The molecule has 0 spiro atoms. The summed E-state index contributed by atoms with van der Waals surface area (Å²) in [6.45, 7) is 6.03. The highest BCUT2D eigenvalue weighted by molar-refractivity contribution is 6.33. The molecule has 1 atom stereocenters. The second-order valence-electron chi connectivity index (χ2n) is 8.24. The molecule has 0 aromatic heterocycles. The van der Waals surface area contributed by atoms with Gasteiger partial charge in [0, 0.05) is 10.6 Å². The van der Waals surface area contributed by atoms with Crippen molar-refractivity contribution in [2.24, 2.45) is 0 Å². The molecular weight excluding hydrogens is 432 g/mol. The molecule has 0 fully saturated rings. The van der Waals surface area contributed by atoms with Crippen LogP contribution in [0.4, 0.5) is 0 Å². The lowest BCUT2D eigenvalue weighted by molar-refractivity contribution is -0.150. The van der Waals surface area contributed by atoms with Crippen molar-refractivity contribution in [2.75, 3.05) is 6.61 Å². The molecule has 4 heteroatoms. The zero-order valence-electron chi connectivity index (χ0n) is 19.8. The van der Waals surface area contributed by atoms with Crippen LogP contribution in [0.2, 0.25) is 5.02 Å². The molecular formula is C29H33ClO3. The van der Waals surface area contributed by atoms with Crippen molar-refractivity contribution in [3.63, 3.8) is 0 Å². The quantitative estimate of drug-likeness (QED) is 0.212. The standard InChI is InChI=1S/C29H33ClO3/c1-4-6-7-8-9-22-10-12-23(13-11-22)25-16-19-27(28(30)20-25)24-14-17-26(18-15-24)33-21(3)29(31)32-5-2/h10-21H,4-9H2,1-3H3. The minimum atomic E-state index is -0.651.